The van der Waals surface area contributed by atoms with Crippen LogP contribution in [0, 0.1) is 5.82 Å². The zero-order chi connectivity index (χ0) is 13.1. The van der Waals surface area contributed by atoms with Gasteiger partial charge in [0.1, 0.15) is 5.75 Å². The molecule has 0 N–H and O–H groups in total. The van der Waals surface area contributed by atoms with Crippen molar-refractivity contribution in [2.45, 2.75) is 32.8 Å². The number of halogens is 4. The monoisotopic (exact) mass is 249 g/mol. The molecule has 17 heavy (non-hydrogen) atoms. The number of hydrogen-bond acceptors (Lipinski definition) is 1. The first-order valence-electron chi connectivity index (χ1n) is 5.50. The Morgan fingerprint density at radius 2 is 1.94 bits per heavy atom. The normalized spacial score (nSPS) is 13.5. The summed E-state index contributed by atoms with van der Waals surface area (Å²) in [6, 6.07) is 2.67. The minimum Gasteiger partial charge on any atom is -0.491 e. The van der Waals surface area contributed by atoms with E-state index in [2.05, 4.69) is 0 Å². The average molecular weight is 249 g/mol. The van der Waals surface area contributed by atoms with Gasteiger partial charge in [0.15, 0.2) is 0 Å². The molecule has 0 spiro atoms. The van der Waals surface area contributed by atoms with Crippen molar-refractivity contribution in [2.24, 2.45) is 0 Å². The molecule has 0 saturated heterocycles. The highest BCUT2D eigenvalue weighted by Crippen LogP contribution is 2.18. The largest absolute Gasteiger partial charge is 0.512 e. The van der Waals surface area contributed by atoms with E-state index in [0.29, 0.717) is 0 Å². The van der Waals surface area contributed by atoms with Crippen molar-refractivity contribution in [3.05, 3.63) is 24.0 Å². The molecule has 0 radical (unpaired) electrons. The van der Waals surface area contributed by atoms with Gasteiger partial charge in [-0.1, -0.05) is 24.9 Å². The van der Waals surface area contributed by atoms with Gasteiger partial charge in [0.2, 0.25) is 0 Å². The lowest BCUT2D eigenvalue weighted by Crippen LogP contribution is -2.36. The van der Waals surface area contributed by atoms with Crippen LogP contribution < -0.4 is 10.2 Å². The molecule has 1 nitrogen and oxygen atoms in total. The van der Waals surface area contributed by atoms with Crippen molar-refractivity contribution in [3.63, 3.8) is 0 Å². The molecule has 0 heterocycles. The van der Waals surface area contributed by atoms with Crippen LogP contribution in [0.25, 0.3) is 0 Å². The van der Waals surface area contributed by atoms with Crippen LogP contribution in [0.1, 0.15) is 26.7 Å². The maximum atomic E-state index is 13.2. The van der Waals surface area contributed by atoms with Crippen LogP contribution >= 0.6 is 0 Å². The lowest BCUT2D eigenvalue weighted by Gasteiger charge is -2.18. The predicted octanol–water partition coefficient (Wildman–Crippen LogP) is 3.45. The van der Waals surface area contributed by atoms with Gasteiger partial charge in [-0.2, -0.15) is 0 Å². The Bertz CT molecular complexity index is 378. The first kappa shape index (κ1) is 13.9. The molecule has 0 amide bonds. The van der Waals surface area contributed by atoms with Crippen LogP contribution in [0.15, 0.2) is 18.2 Å². The lowest BCUT2D eigenvalue weighted by molar-refractivity contribution is 0.209. The summed E-state index contributed by atoms with van der Waals surface area (Å²) in [4.78, 5) is 0. The Morgan fingerprint density at radius 1 is 1.29 bits per heavy atom. The molecule has 1 unspecified atom stereocenters. The molecule has 0 aliphatic heterocycles. The summed E-state index contributed by atoms with van der Waals surface area (Å²) in [7, 11) is 0. The third kappa shape index (κ3) is 3.95. The Labute approximate surface area is 97.8 Å². The molecule has 0 saturated carbocycles. The van der Waals surface area contributed by atoms with Crippen molar-refractivity contribution in [3.8, 4) is 5.75 Å². The molecular weight excluding hydrogens is 235 g/mol. The van der Waals surface area contributed by atoms with Crippen LogP contribution in [-0.4, -0.2) is 13.1 Å². The standard InChI is InChI=1S/C11H14BF4O/c1-3-4-8(2)17-9-5-6-10(11(13)7-9)12(14,15)16/h5-8H,3-4H2,1-2H3/q-1. The Hall–Kier alpha value is -1.20. The van der Waals surface area contributed by atoms with Gasteiger partial charge in [0.05, 0.1) is 11.9 Å². The van der Waals surface area contributed by atoms with Crippen LogP contribution in [0.3, 0.4) is 0 Å². The third-order valence-electron chi connectivity index (χ3n) is 2.36. The average Bonchev–Trinajstić information content (AvgIpc) is 2.15. The van der Waals surface area contributed by atoms with Gasteiger partial charge in [-0.05, 0) is 19.4 Å². The molecule has 6 heteroatoms. The summed E-state index contributed by atoms with van der Waals surface area (Å²) in [5, 5.41) is 0. The van der Waals surface area contributed by atoms with Crippen molar-refractivity contribution < 1.29 is 22.1 Å². The number of hydrogen-bond donors (Lipinski definition) is 0. The molecular formula is C11H14BF4O-. The highest BCUT2D eigenvalue weighted by Gasteiger charge is 2.29. The third-order valence-corrected chi connectivity index (χ3v) is 2.36. The molecule has 0 aromatic heterocycles. The fourth-order valence-corrected chi connectivity index (χ4v) is 1.54. The van der Waals surface area contributed by atoms with Gasteiger partial charge in [0, 0.05) is 6.07 Å². The zero-order valence-electron chi connectivity index (χ0n) is 9.72. The van der Waals surface area contributed by atoms with E-state index in [4.69, 9.17) is 4.74 Å². The van der Waals surface area contributed by atoms with Gasteiger partial charge >= 0.3 is 6.98 Å². The second kappa shape index (κ2) is 5.43. The van der Waals surface area contributed by atoms with Crippen LogP contribution in [0.2, 0.25) is 0 Å². The van der Waals surface area contributed by atoms with E-state index in [0.717, 1.165) is 31.0 Å². The van der Waals surface area contributed by atoms with Crippen molar-refractivity contribution in [1.82, 2.24) is 0 Å². The van der Waals surface area contributed by atoms with E-state index < -0.39 is 18.3 Å². The van der Waals surface area contributed by atoms with Gasteiger partial charge in [-0.15, -0.1) is 0 Å². The van der Waals surface area contributed by atoms with E-state index >= 15 is 0 Å². The van der Waals surface area contributed by atoms with Crippen LogP contribution in [-0.2, 0) is 0 Å². The molecule has 1 aromatic carbocycles. The summed E-state index contributed by atoms with van der Waals surface area (Å²) in [6.07, 6.45) is 1.53. The van der Waals surface area contributed by atoms with E-state index in [1.807, 2.05) is 6.92 Å². The summed E-state index contributed by atoms with van der Waals surface area (Å²) in [5.41, 5.74) is -1.21. The van der Waals surface area contributed by atoms with Gasteiger partial charge < -0.3 is 17.7 Å². The Morgan fingerprint density at radius 3 is 2.41 bits per heavy atom. The van der Waals surface area contributed by atoms with Crippen molar-refractivity contribution in [2.75, 3.05) is 0 Å². The molecule has 1 aromatic rings. The highest BCUT2D eigenvalue weighted by atomic mass is 19.4. The number of benzene rings is 1. The maximum Gasteiger partial charge on any atom is 0.512 e. The fraction of sp³-hybridized carbons (Fsp3) is 0.455. The first-order chi connectivity index (χ1) is 7.84. The summed E-state index contributed by atoms with van der Waals surface area (Å²) in [6.45, 7) is -1.54. The van der Waals surface area contributed by atoms with Crippen molar-refractivity contribution in [1.29, 1.82) is 0 Å². The Balaban J connectivity index is 2.82. The molecule has 1 rings (SSSR count). The number of ether oxygens (including phenoxy) is 1. The molecule has 1 atom stereocenters. The van der Waals surface area contributed by atoms with Crippen LogP contribution in [0.4, 0.5) is 17.3 Å². The smallest absolute Gasteiger partial charge is 0.491 e. The highest BCUT2D eigenvalue weighted by molar-refractivity contribution is 6.73. The van der Waals surface area contributed by atoms with Crippen molar-refractivity contribution >= 4 is 12.4 Å². The summed E-state index contributed by atoms with van der Waals surface area (Å²) < 4.78 is 55.5. The van der Waals surface area contributed by atoms with E-state index in [-0.39, 0.29) is 11.9 Å². The summed E-state index contributed by atoms with van der Waals surface area (Å²) in [5.74, 6) is -1.15. The number of rotatable bonds is 5. The second-order valence-electron chi connectivity index (χ2n) is 3.98. The molecule has 0 aliphatic rings. The minimum absolute atomic E-state index is 0.132. The molecule has 0 aliphatic carbocycles. The first-order valence-corrected chi connectivity index (χ1v) is 5.50. The molecule has 0 bridgehead atoms. The van der Waals surface area contributed by atoms with E-state index in [1.165, 1.54) is 0 Å². The predicted molar refractivity (Wildman–Crippen MR) is 60.1 cm³/mol. The molecule has 0 fully saturated rings. The van der Waals surface area contributed by atoms with Gasteiger partial charge in [-0.3, -0.25) is 0 Å². The fourth-order valence-electron chi connectivity index (χ4n) is 1.54. The topological polar surface area (TPSA) is 9.23 Å². The van der Waals surface area contributed by atoms with E-state index in [1.54, 1.807) is 6.92 Å². The lowest BCUT2D eigenvalue weighted by atomic mass is 9.80. The quantitative estimate of drug-likeness (QED) is 0.573. The van der Waals surface area contributed by atoms with E-state index in [9.17, 15) is 17.3 Å². The van der Waals surface area contributed by atoms with Gasteiger partial charge in [-0.25, -0.2) is 4.39 Å². The maximum absolute atomic E-state index is 13.2. The summed E-state index contributed by atoms with van der Waals surface area (Å²) >= 11 is 0. The Kier molecular flexibility index (Phi) is 4.43. The minimum atomic E-state index is -5.31. The SMILES string of the molecule is CCCC(C)Oc1ccc([B-](F)(F)F)c(F)c1. The molecule has 96 valence electrons. The van der Waals surface area contributed by atoms with Gasteiger partial charge in [0.25, 0.3) is 0 Å². The van der Waals surface area contributed by atoms with Crippen LogP contribution in [0.5, 0.6) is 5.75 Å². The second-order valence-corrected chi connectivity index (χ2v) is 3.98. The zero-order valence-corrected chi connectivity index (χ0v) is 9.72.